The molecule has 1 aromatic carbocycles. The summed E-state index contributed by atoms with van der Waals surface area (Å²) in [4.78, 5) is 0. The van der Waals surface area contributed by atoms with Crippen molar-refractivity contribution in [2.24, 2.45) is 0 Å². The summed E-state index contributed by atoms with van der Waals surface area (Å²) in [6.45, 7) is 0.233. The second-order valence-electron chi connectivity index (χ2n) is 3.19. The number of rotatable bonds is 3. The van der Waals surface area contributed by atoms with E-state index in [0.717, 1.165) is 0 Å². The summed E-state index contributed by atoms with van der Waals surface area (Å²) in [6, 6.07) is 7.59. The Morgan fingerprint density at radius 1 is 1.12 bits per heavy atom. The van der Waals surface area contributed by atoms with E-state index in [-0.39, 0.29) is 18.1 Å². The molecule has 5 nitrogen and oxygen atoms in total. The number of aromatic nitrogens is 2. The predicted octanol–water partition coefficient (Wildman–Crippen LogP) is 1.47. The first kappa shape index (κ1) is 10.2. The maximum absolute atomic E-state index is 9.22. The smallest absolute Gasteiger partial charge is 0.132 e. The molecule has 0 atom stereocenters. The molecule has 5 heteroatoms. The molecule has 0 unspecified atom stereocenters. The van der Waals surface area contributed by atoms with E-state index in [1.54, 1.807) is 18.3 Å². The van der Waals surface area contributed by atoms with Crippen LogP contribution in [0.25, 0.3) is 0 Å². The van der Waals surface area contributed by atoms with Gasteiger partial charge < -0.3 is 14.9 Å². The lowest BCUT2D eigenvalue weighted by Crippen LogP contribution is -1.98. The van der Waals surface area contributed by atoms with Crippen molar-refractivity contribution < 1.29 is 14.9 Å². The van der Waals surface area contributed by atoms with Crippen molar-refractivity contribution in [2.45, 2.75) is 6.61 Å². The first-order valence-electron chi connectivity index (χ1n) is 4.66. The quantitative estimate of drug-likeness (QED) is 0.815. The van der Waals surface area contributed by atoms with Gasteiger partial charge in [0.25, 0.3) is 0 Å². The van der Waals surface area contributed by atoms with Crippen LogP contribution < -0.4 is 4.74 Å². The molecule has 2 N–H and O–H groups in total. The van der Waals surface area contributed by atoms with Gasteiger partial charge in [0.2, 0.25) is 0 Å². The number of nitrogens with zero attached hydrogens (tertiary/aromatic N) is 2. The molecule has 0 aliphatic carbocycles. The van der Waals surface area contributed by atoms with Gasteiger partial charge in [-0.05, 0) is 12.1 Å². The minimum absolute atomic E-state index is 0.0471. The molecular weight excluding hydrogens is 208 g/mol. The van der Waals surface area contributed by atoms with Gasteiger partial charge in [0.15, 0.2) is 0 Å². The largest absolute Gasteiger partial charge is 0.508 e. The highest BCUT2D eigenvalue weighted by Crippen LogP contribution is 2.26. The predicted molar refractivity (Wildman–Crippen MR) is 56.1 cm³/mol. The Kier molecular flexibility index (Phi) is 2.86. The molecule has 16 heavy (non-hydrogen) atoms. The Morgan fingerprint density at radius 3 is 2.50 bits per heavy atom. The zero-order valence-electron chi connectivity index (χ0n) is 8.37. The van der Waals surface area contributed by atoms with Crippen molar-refractivity contribution in [3.8, 4) is 17.2 Å². The Morgan fingerprint density at radius 2 is 1.88 bits per heavy atom. The summed E-state index contributed by atoms with van der Waals surface area (Å²) >= 11 is 0. The maximum atomic E-state index is 9.22. The van der Waals surface area contributed by atoms with Gasteiger partial charge in [-0.25, -0.2) is 0 Å². The summed E-state index contributed by atoms with van der Waals surface area (Å²) < 4.78 is 5.33. The maximum Gasteiger partial charge on any atom is 0.132 e. The molecule has 2 rings (SSSR count). The lowest BCUT2D eigenvalue weighted by atomic mass is 10.3. The van der Waals surface area contributed by atoms with E-state index in [1.165, 1.54) is 18.2 Å². The molecule has 82 valence electrons. The fourth-order valence-electron chi connectivity index (χ4n) is 1.22. The van der Waals surface area contributed by atoms with Gasteiger partial charge in [0.05, 0.1) is 0 Å². The third kappa shape index (κ3) is 2.60. The average Bonchev–Trinajstić information content (AvgIpc) is 2.27. The molecule has 0 fully saturated rings. The summed E-state index contributed by atoms with van der Waals surface area (Å²) in [7, 11) is 0. The van der Waals surface area contributed by atoms with Gasteiger partial charge in [-0.2, -0.15) is 10.2 Å². The van der Waals surface area contributed by atoms with Crippen molar-refractivity contribution in [2.75, 3.05) is 0 Å². The molecule has 1 heterocycles. The van der Waals surface area contributed by atoms with Gasteiger partial charge in [0.1, 0.15) is 29.5 Å². The van der Waals surface area contributed by atoms with Crippen LogP contribution in [0.4, 0.5) is 0 Å². The number of benzene rings is 1. The number of phenolic OH excluding ortho intramolecular Hbond substituents is 2. The molecule has 0 spiro atoms. The molecule has 0 amide bonds. The van der Waals surface area contributed by atoms with E-state index in [1.807, 2.05) is 0 Å². The highest BCUT2D eigenvalue weighted by Gasteiger charge is 2.01. The fourth-order valence-corrected chi connectivity index (χ4v) is 1.22. The summed E-state index contributed by atoms with van der Waals surface area (Å²) in [5.74, 6) is 0.284. The number of hydrogen-bond acceptors (Lipinski definition) is 5. The summed E-state index contributed by atoms with van der Waals surface area (Å²) in [6.07, 6.45) is 1.57. The zero-order chi connectivity index (χ0) is 11.4. The van der Waals surface area contributed by atoms with Crippen LogP contribution in [0.3, 0.4) is 0 Å². The van der Waals surface area contributed by atoms with Crippen molar-refractivity contribution in [3.63, 3.8) is 0 Å². The van der Waals surface area contributed by atoms with E-state index in [4.69, 9.17) is 4.74 Å². The third-order valence-corrected chi connectivity index (χ3v) is 1.89. The first-order chi connectivity index (χ1) is 7.74. The van der Waals surface area contributed by atoms with Crippen LogP contribution in [-0.4, -0.2) is 20.4 Å². The van der Waals surface area contributed by atoms with E-state index in [0.29, 0.717) is 11.4 Å². The van der Waals surface area contributed by atoms with Crippen molar-refractivity contribution in [1.82, 2.24) is 10.2 Å². The highest BCUT2D eigenvalue weighted by molar-refractivity contribution is 5.40. The molecule has 0 aliphatic heterocycles. The Labute approximate surface area is 92.0 Å². The van der Waals surface area contributed by atoms with Crippen molar-refractivity contribution in [1.29, 1.82) is 0 Å². The lowest BCUT2D eigenvalue weighted by Gasteiger charge is -2.06. The molecule has 2 aromatic rings. The number of ether oxygens (including phenoxy) is 1. The van der Waals surface area contributed by atoms with E-state index >= 15 is 0 Å². The molecule has 0 aliphatic rings. The fraction of sp³-hybridized carbons (Fsp3) is 0.0909. The Balaban J connectivity index is 2.05. The van der Waals surface area contributed by atoms with Crippen molar-refractivity contribution >= 4 is 0 Å². The van der Waals surface area contributed by atoms with Gasteiger partial charge >= 0.3 is 0 Å². The van der Waals surface area contributed by atoms with Crippen LogP contribution in [0, 0.1) is 0 Å². The van der Waals surface area contributed by atoms with Crippen LogP contribution in [-0.2, 0) is 6.61 Å². The van der Waals surface area contributed by atoms with Gasteiger partial charge in [-0.3, -0.25) is 0 Å². The lowest BCUT2D eigenvalue weighted by molar-refractivity contribution is 0.296. The molecule has 0 saturated carbocycles. The topological polar surface area (TPSA) is 75.5 Å². The number of hydrogen-bond donors (Lipinski definition) is 2. The Bertz CT molecular complexity index is 454. The second kappa shape index (κ2) is 4.48. The Hall–Kier alpha value is -2.30. The van der Waals surface area contributed by atoms with Crippen LogP contribution >= 0.6 is 0 Å². The van der Waals surface area contributed by atoms with E-state index in [9.17, 15) is 10.2 Å². The molecule has 0 bridgehead atoms. The monoisotopic (exact) mass is 218 g/mol. The van der Waals surface area contributed by atoms with Gasteiger partial charge in [-0.1, -0.05) is 0 Å². The minimum atomic E-state index is -0.0471. The standard InChI is InChI=1S/C11H10N2O3/c14-9-4-10(15)6-11(5-9)16-7-8-2-1-3-12-13-8/h1-6,14-15H,7H2. The molecular formula is C11H10N2O3. The van der Waals surface area contributed by atoms with Crippen LogP contribution in [0.15, 0.2) is 36.5 Å². The van der Waals surface area contributed by atoms with E-state index < -0.39 is 0 Å². The molecule has 0 saturated heterocycles. The number of phenols is 2. The summed E-state index contributed by atoms with van der Waals surface area (Å²) in [5.41, 5.74) is 0.672. The minimum Gasteiger partial charge on any atom is -0.508 e. The second-order valence-corrected chi connectivity index (χ2v) is 3.19. The summed E-state index contributed by atoms with van der Waals surface area (Å²) in [5, 5.41) is 26.0. The first-order valence-corrected chi connectivity index (χ1v) is 4.66. The van der Waals surface area contributed by atoms with Gasteiger partial charge in [0, 0.05) is 24.4 Å². The average molecular weight is 218 g/mol. The molecule has 1 aromatic heterocycles. The van der Waals surface area contributed by atoms with Crippen LogP contribution in [0.5, 0.6) is 17.2 Å². The van der Waals surface area contributed by atoms with Crippen LogP contribution in [0.1, 0.15) is 5.69 Å². The van der Waals surface area contributed by atoms with Gasteiger partial charge in [-0.15, -0.1) is 0 Å². The normalized spacial score (nSPS) is 10.0. The SMILES string of the molecule is Oc1cc(O)cc(OCc2cccnn2)c1. The highest BCUT2D eigenvalue weighted by atomic mass is 16.5. The zero-order valence-corrected chi connectivity index (χ0v) is 8.37. The molecule has 0 radical (unpaired) electrons. The van der Waals surface area contributed by atoms with Crippen molar-refractivity contribution in [3.05, 3.63) is 42.2 Å². The third-order valence-electron chi connectivity index (χ3n) is 1.89. The van der Waals surface area contributed by atoms with E-state index in [2.05, 4.69) is 10.2 Å². The van der Waals surface area contributed by atoms with Crippen LogP contribution in [0.2, 0.25) is 0 Å². The number of aromatic hydroxyl groups is 2.